The first kappa shape index (κ1) is 22.8. The zero-order valence-electron chi connectivity index (χ0n) is 16.9. The topological polar surface area (TPSA) is 84.5 Å². The van der Waals surface area contributed by atoms with Gasteiger partial charge in [0.2, 0.25) is 10.0 Å². The summed E-state index contributed by atoms with van der Waals surface area (Å²) in [6.45, 7) is 1.97. The highest BCUT2D eigenvalue weighted by molar-refractivity contribution is 7.89. The van der Waals surface area contributed by atoms with Gasteiger partial charge in [0, 0.05) is 17.1 Å². The van der Waals surface area contributed by atoms with Gasteiger partial charge in [0.05, 0.1) is 4.90 Å². The smallest absolute Gasteiger partial charge is 0.254 e. The summed E-state index contributed by atoms with van der Waals surface area (Å²) in [6.07, 6.45) is -0.0548. The Hall–Kier alpha value is -2.87. The Bertz CT molecular complexity index is 1120. The van der Waals surface area contributed by atoms with Crippen molar-refractivity contribution in [1.82, 2.24) is 10.0 Å². The molecule has 1 atom stereocenters. The highest BCUT2D eigenvalue weighted by Gasteiger charge is 2.14. The molecule has 0 aliphatic rings. The van der Waals surface area contributed by atoms with Crippen molar-refractivity contribution in [2.24, 2.45) is 0 Å². The quantitative estimate of drug-likeness (QED) is 0.474. The Kier molecular flexibility index (Phi) is 7.68. The number of halogens is 1. The van der Waals surface area contributed by atoms with Gasteiger partial charge in [-0.15, -0.1) is 0 Å². The minimum Gasteiger partial charge on any atom is -0.471 e. The van der Waals surface area contributed by atoms with E-state index in [2.05, 4.69) is 10.0 Å². The number of ether oxygens (including phenoxy) is 1. The Balaban J connectivity index is 1.53. The van der Waals surface area contributed by atoms with Crippen LogP contribution in [0.25, 0.3) is 0 Å². The van der Waals surface area contributed by atoms with E-state index in [4.69, 9.17) is 16.3 Å². The maximum absolute atomic E-state index is 12.3. The van der Waals surface area contributed by atoms with Crippen molar-refractivity contribution in [3.05, 3.63) is 95.0 Å². The molecule has 0 saturated heterocycles. The molecule has 8 heteroatoms. The van der Waals surface area contributed by atoms with E-state index < -0.39 is 16.3 Å². The lowest BCUT2D eigenvalue weighted by atomic mass is 10.1. The van der Waals surface area contributed by atoms with Crippen LogP contribution in [0.3, 0.4) is 0 Å². The number of carbonyl (C=O) groups excluding carboxylic acids is 1. The van der Waals surface area contributed by atoms with Crippen molar-refractivity contribution in [3.63, 3.8) is 0 Å². The van der Waals surface area contributed by atoms with Crippen LogP contribution >= 0.6 is 11.6 Å². The van der Waals surface area contributed by atoms with Gasteiger partial charge in [-0.25, -0.2) is 13.1 Å². The minimum absolute atomic E-state index is 0.164. The zero-order chi connectivity index (χ0) is 22.3. The summed E-state index contributed by atoms with van der Waals surface area (Å²) in [5.74, 6) is 0.361. The molecule has 0 aliphatic carbocycles. The molecule has 0 bridgehead atoms. The number of hydrogen-bond acceptors (Lipinski definition) is 4. The first-order chi connectivity index (χ1) is 14.8. The van der Waals surface area contributed by atoms with Crippen LogP contribution in [0.4, 0.5) is 0 Å². The van der Waals surface area contributed by atoms with Gasteiger partial charge in [-0.2, -0.15) is 0 Å². The number of nitrogens with one attached hydrogen (secondary N) is 2. The first-order valence-electron chi connectivity index (χ1n) is 9.70. The predicted octanol–water partition coefficient (Wildman–Crippen LogP) is 4.02. The van der Waals surface area contributed by atoms with Crippen molar-refractivity contribution in [1.29, 1.82) is 0 Å². The fraction of sp³-hybridized carbons (Fsp3) is 0.174. The molecule has 0 fully saturated rings. The summed E-state index contributed by atoms with van der Waals surface area (Å²) in [5.41, 5.74) is 1.46. The van der Waals surface area contributed by atoms with Gasteiger partial charge in [-0.1, -0.05) is 41.9 Å². The fourth-order valence-corrected chi connectivity index (χ4v) is 4.05. The second-order valence-electron chi connectivity index (χ2n) is 6.85. The van der Waals surface area contributed by atoms with E-state index in [9.17, 15) is 13.2 Å². The molecular formula is C23H23ClN2O4S. The summed E-state index contributed by atoms with van der Waals surface area (Å²) in [4.78, 5) is 12.4. The Morgan fingerprint density at radius 3 is 2.42 bits per heavy atom. The zero-order valence-corrected chi connectivity index (χ0v) is 18.5. The Morgan fingerprint density at radius 2 is 1.71 bits per heavy atom. The van der Waals surface area contributed by atoms with Crippen molar-refractivity contribution in [2.45, 2.75) is 24.5 Å². The van der Waals surface area contributed by atoms with E-state index >= 15 is 0 Å². The van der Waals surface area contributed by atoms with Crippen LogP contribution in [0.15, 0.2) is 83.8 Å². The number of hydrogen-bond donors (Lipinski definition) is 2. The van der Waals surface area contributed by atoms with Crippen molar-refractivity contribution in [2.75, 3.05) is 6.54 Å². The van der Waals surface area contributed by atoms with E-state index in [0.29, 0.717) is 22.8 Å². The molecule has 3 aromatic rings. The first-order valence-corrected chi connectivity index (χ1v) is 11.6. The number of sulfonamides is 1. The Labute approximate surface area is 187 Å². The molecule has 2 N–H and O–H groups in total. The normalized spacial score (nSPS) is 12.2. The van der Waals surface area contributed by atoms with Crippen LogP contribution in [0, 0.1) is 0 Å². The van der Waals surface area contributed by atoms with Crippen molar-refractivity contribution in [3.8, 4) is 5.75 Å². The predicted molar refractivity (Wildman–Crippen MR) is 121 cm³/mol. The fourth-order valence-electron chi connectivity index (χ4n) is 2.89. The van der Waals surface area contributed by atoms with Crippen LogP contribution in [0.5, 0.6) is 5.75 Å². The molecule has 1 unspecified atom stereocenters. The van der Waals surface area contributed by atoms with E-state index in [0.717, 1.165) is 5.56 Å². The van der Waals surface area contributed by atoms with Crippen LogP contribution < -0.4 is 14.8 Å². The molecule has 0 aliphatic heterocycles. The lowest BCUT2D eigenvalue weighted by Crippen LogP contribution is -2.36. The molecule has 0 saturated carbocycles. The third kappa shape index (κ3) is 6.82. The number of benzene rings is 3. The molecule has 0 aromatic heterocycles. The second-order valence-corrected chi connectivity index (χ2v) is 9.05. The molecular weight excluding hydrogens is 436 g/mol. The molecule has 31 heavy (non-hydrogen) atoms. The third-order valence-corrected chi connectivity index (χ3v) is 6.14. The van der Waals surface area contributed by atoms with E-state index in [1.165, 1.54) is 24.3 Å². The minimum atomic E-state index is -3.60. The maximum Gasteiger partial charge on any atom is 0.254 e. The molecule has 162 valence electrons. The molecule has 0 heterocycles. The SMILES string of the molecule is CC(NC(=O)c1ccccc1)Oc1cccc(CCNS(=O)(=O)c2ccc(Cl)cc2)c1. The summed E-state index contributed by atoms with van der Waals surface area (Å²) in [7, 11) is -3.60. The van der Waals surface area contributed by atoms with Gasteiger partial charge in [0.25, 0.3) is 5.91 Å². The summed E-state index contributed by atoms with van der Waals surface area (Å²) < 4.78 is 33.1. The average Bonchev–Trinajstić information content (AvgIpc) is 2.75. The standard InChI is InChI=1S/C23H23ClN2O4S/c1-17(26-23(27)19-7-3-2-4-8-19)30-21-9-5-6-18(16-21)14-15-25-31(28,29)22-12-10-20(24)11-13-22/h2-13,16-17,25H,14-15H2,1H3,(H,26,27). The second kappa shape index (κ2) is 10.4. The van der Waals surface area contributed by atoms with Crippen LogP contribution in [0.1, 0.15) is 22.8 Å². The molecule has 3 rings (SSSR count). The molecule has 6 nitrogen and oxygen atoms in total. The van der Waals surface area contributed by atoms with E-state index in [1.54, 1.807) is 37.3 Å². The molecule has 1 amide bonds. The van der Waals surface area contributed by atoms with Crippen LogP contribution in [-0.2, 0) is 16.4 Å². The number of rotatable bonds is 9. The van der Waals surface area contributed by atoms with Gasteiger partial charge in [0.15, 0.2) is 6.23 Å². The average molecular weight is 459 g/mol. The van der Waals surface area contributed by atoms with E-state index in [-0.39, 0.29) is 17.3 Å². The largest absolute Gasteiger partial charge is 0.471 e. The maximum atomic E-state index is 12.3. The van der Waals surface area contributed by atoms with Crippen LogP contribution in [-0.4, -0.2) is 27.1 Å². The monoisotopic (exact) mass is 458 g/mol. The van der Waals surface area contributed by atoms with Crippen LogP contribution in [0.2, 0.25) is 5.02 Å². The molecule has 3 aromatic carbocycles. The molecule has 0 spiro atoms. The van der Waals surface area contributed by atoms with Gasteiger partial charge >= 0.3 is 0 Å². The van der Waals surface area contributed by atoms with Gasteiger partial charge in [-0.05, 0) is 67.4 Å². The summed E-state index contributed by atoms with van der Waals surface area (Å²) in [6, 6.07) is 22.2. The van der Waals surface area contributed by atoms with Gasteiger partial charge in [0.1, 0.15) is 5.75 Å². The van der Waals surface area contributed by atoms with Crippen molar-refractivity contribution < 1.29 is 17.9 Å². The number of carbonyl (C=O) groups is 1. The summed E-state index contributed by atoms with van der Waals surface area (Å²) in [5, 5.41) is 3.26. The lowest BCUT2D eigenvalue weighted by Gasteiger charge is -2.17. The van der Waals surface area contributed by atoms with E-state index in [1.807, 2.05) is 24.3 Å². The molecule has 0 radical (unpaired) electrons. The van der Waals surface area contributed by atoms with Gasteiger partial charge in [-0.3, -0.25) is 4.79 Å². The highest BCUT2D eigenvalue weighted by atomic mass is 35.5. The van der Waals surface area contributed by atoms with Crippen molar-refractivity contribution >= 4 is 27.5 Å². The third-order valence-electron chi connectivity index (χ3n) is 4.41. The summed E-state index contributed by atoms with van der Waals surface area (Å²) >= 11 is 5.81. The lowest BCUT2D eigenvalue weighted by molar-refractivity contribution is 0.0851. The van der Waals surface area contributed by atoms with Gasteiger partial charge < -0.3 is 10.1 Å². The number of amides is 1. The Morgan fingerprint density at radius 1 is 1.00 bits per heavy atom. The highest BCUT2D eigenvalue weighted by Crippen LogP contribution is 2.16.